The van der Waals surface area contributed by atoms with Gasteiger partial charge in [-0.05, 0) is 19.1 Å². The molecule has 1 saturated heterocycles. The van der Waals surface area contributed by atoms with E-state index in [-0.39, 0.29) is 20.8 Å². The van der Waals surface area contributed by atoms with Gasteiger partial charge in [-0.25, -0.2) is 13.3 Å². The van der Waals surface area contributed by atoms with Crippen LogP contribution >= 0.6 is 34.8 Å². The van der Waals surface area contributed by atoms with Gasteiger partial charge in [-0.2, -0.15) is 0 Å². The minimum Gasteiger partial charge on any atom is -0.274 e. The van der Waals surface area contributed by atoms with Crippen LogP contribution in [-0.4, -0.2) is 31.2 Å². The molecule has 1 aliphatic heterocycles. The van der Waals surface area contributed by atoms with Gasteiger partial charge in [0.25, 0.3) is 5.91 Å². The average molecular weight is 371 g/mol. The quantitative estimate of drug-likeness (QED) is 0.593. The van der Waals surface area contributed by atoms with Crippen LogP contribution in [0.15, 0.2) is 12.1 Å². The molecule has 1 atom stereocenters. The summed E-state index contributed by atoms with van der Waals surface area (Å²) in [7, 11) is -3.77. The van der Waals surface area contributed by atoms with Crippen molar-refractivity contribution < 1.29 is 18.0 Å². The Bertz CT molecular complexity index is 762. The molecule has 2 amide bonds. The lowest BCUT2D eigenvalue weighted by atomic mass is 10.1. The molecule has 2 rings (SSSR count). The van der Waals surface area contributed by atoms with E-state index in [1.165, 1.54) is 19.1 Å². The normalized spacial score (nSPS) is 23.0. The number of rotatable bonds is 2. The molecule has 1 aliphatic rings. The SMILES string of the molecule is CC1(S(C)(=O)=O)CC(=O)N(c2cc(Cl)c(Cl)cc2Cl)C1=O. The lowest BCUT2D eigenvalue weighted by Crippen LogP contribution is -2.43. The monoisotopic (exact) mass is 369 g/mol. The summed E-state index contributed by atoms with van der Waals surface area (Å²) in [5, 5.41) is 0.295. The Morgan fingerprint density at radius 2 is 1.62 bits per heavy atom. The summed E-state index contributed by atoms with van der Waals surface area (Å²) in [5.41, 5.74) is 0.0217. The van der Waals surface area contributed by atoms with Crippen molar-refractivity contribution in [3.63, 3.8) is 0 Å². The molecule has 0 radical (unpaired) electrons. The molecule has 5 nitrogen and oxygen atoms in total. The molecule has 1 heterocycles. The summed E-state index contributed by atoms with van der Waals surface area (Å²) in [6, 6.07) is 2.55. The van der Waals surface area contributed by atoms with Crippen molar-refractivity contribution in [2.45, 2.75) is 18.1 Å². The number of halogens is 3. The molecule has 9 heteroatoms. The van der Waals surface area contributed by atoms with E-state index < -0.39 is 32.8 Å². The fourth-order valence-electron chi connectivity index (χ4n) is 2.01. The van der Waals surface area contributed by atoms with Crippen LogP contribution in [0.3, 0.4) is 0 Å². The van der Waals surface area contributed by atoms with Gasteiger partial charge >= 0.3 is 0 Å². The zero-order valence-corrected chi connectivity index (χ0v) is 14.1. The highest BCUT2D eigenvalue weighted by atomic mass is 35.5. The predicted octanol–water partition coefficient (Wildman–Crippen LogP) is 2.71. The van der Waals surface area contributed by atoms with Gasteiger partial charge in [-0.3, -0.25) is 9.59 Å². The van der Waals surface area contributed by atoms with Crippen LogP contribution in [-0.2, 0) is 19.4 Å². The number of carbonyl (C=O) groups is 2. The number of benzene rings is 1. The molecular weight excluding hydrogens is 361 g/mol. The highest BCUT2D eigenvalue weighted by Gasteiger charge is 2.55. The summed E-state index contributed by atoms with van der Waals surface area (Å²) in [6.07, 6.45) is 0.472. The van der Waals surface area contributed by atoms with Gasteiger partial charge < -0.3 is 0 Å². The number of hydrogen-bond donors (Lipinski definition) is 0. The third-order valence-corrected chi connectivity index (χ3v) is 6.42. The van der Waals surface area contributed by atoms with Crippen molar-refractivity contribution in [3.05, 3.63) is 27.2 Å². The number of carbonyl (C=O) groups excluding carboxylic acids is 2. The minimum absolute atomic E-state index is 0.0217. The lowest BCUT2D eigenvalue weighted by Gasteiger charge is -2.21. The van der Waals surface area contributed by atoms with Gasteiger partial charge in [0.2, 0.25) is 5.91 Å². The summed E-state index contributed by atoms with van der Waals surface area (Å²) < 4.78 is 21.8. The molecule has 0 spiro atoms. The van der Waals surface area contributed by atoms with Crippen LogP contribution in [0, 0.1) is 0 Å². The Morgan fingerprint density at radius 1 is 1.10 bits per heavy atom. The summed E-state index contributed by atoms with van der Waals surface area (Å²) in [5.74, 6) is -1.51. The highest BCUT2D eigenvalue weighted by molar-refractivity contribution is 7.93. The molecule has 1 fully saturated rings. The Balaban J connectivity index is 2.60. The zero-order valence-electron chi connectivity index (χ0n) is 11.0. The zero-order chi connectivity index (χ0) is 16.2. The van der Waals surface area contributed by atoms with Crippen molar-refractivity contribution in [2.24, 2.45) is 0 Å². The van der Waals surface area contributed by atoms with Gasteiger partial charge in [-0.15, -0.1) is 0 Å². The fraction of sp³-hybridized carbons (Fsp3) is 0.333. The van der Waals surface area contributed by atoms with Crippen LogP contribution in [0.4, 0.5) is 5.69 Å². The fourth-order valence-corrected chi connectivity index (χ4v) is 3.43. The highest BCUT2D eigenvalue weighted by Crippen LogP contribution is 2.40. The number of nitrogens with zero attached hydrogens (tertiary/aromatic N) is 1. The van der Waals surface area contributed by atoms with E-state index in [1.807, 2.05) is 0 Å². The molecule has 1 aromatic rings. The van der Waals surface area contributed by atoms with Crippen LogP contribution in [0.5, 0.6) is 0 Å². The molecule has 0 N–H and O–H groups in total. The maximum Gasteiger partial charge on any atom is 0.255 e. The molecule has 0 aromatic heterocycles. The number of hydrogen-bond acceptors (Lipinski definition) is 4. The first-order chi connectivity index (χ1) is 9.49. The van der Waals surface area contributed by atoms with Crippen LogP contribution in [0.25, 0.3) is 0 Å². The van der Waals surface area contributed by atoms with Crippen LogP contribution in [0.1, 0.15) is 13.3 Å². The van der Waals surface area contributed by atoms with Gasteiger partial charge in [0.15, 0.2) is 14.6 Å². The first kappa shape index (κ1) is 16.5. The average Bonchev–Trinajstić information content (AvgIpc) is 2.56. The Labute approximate surface area is 136 Å². The Morgan fingerprint density at radius 3 is 2.10 bits per heavy atom. The maximum atomic E-state index is 12.4. The molecule has 21 heavy (non-hydrogen) atoms. The van der Waals surface area contributed by atoms with E-state index >= 15 is 0 Å². The van der Waals surface area contributed by atoms with E-state index in [9.17, 15) is 18.0 Å². The van der Waals surface area contributed by atoms with E-state index in [0.29, 0.717) is 0 Å². The second-order valence-corrected chi connectivity index (χ2v) is 8.60. The maximum absolute atomic E-state index is 12.4. The second kappa shape index (κ2) is 5.12. The minimum atomic E-state index is -3.77. The van der Waals surface area contributed by atoms with Crippen molar-refractivity contribution >= 4 is 62.1 Å². The van der Waals surface area contributed by atoms with Gasteiger partial charge in [0.1, 0.15) is 0 Å². The smallest absolute Gasteiger partial charge is 0.255 e. The number of amides is 2. The summed E-state index contributed by atoms with van der Waals surface area (Å²) in [6.45, 7) is 1.22. The molecule has 1 aromatic carbocycles. The molecule has 1 unspecified atom stereocenters. The van der Waals surface area contributed by atoms with Crippen molar-refractivity contribution in [1.29, 1.82) is 0 Å². The van der Waals surface area contributed by atoms with Crippen LogP contribution < -0.4 is 4.90 Å². The number of anilines is 1. The van der Waals surface area contributed by atoms with Crippen molar-refractivity contribution in [2.75, 3.05) is 11.2 Å². The largest absolute Gasteiger partial charge is 0.274 e. The molecule has 114 valence electrons. The summed E-state index contributed by atoms with van der Waals surface area (Å²) in [4.78, 5) is 25.3. The standard InChI is InChI=1S/C12H10Cl3NO4S/c1-12(21(2,19)20)5-10(17)16(11(12)18)9-4-7(14)6(13)3-8(9)15/h3-4H,5H2,1-2H3. The number of imide groups is 1. The Kier molecular flexibility index (Phi) is 4.04. The third-order valence-electron chi connectivity index (χ3n) is 3.44. The first-order valence-electron chi connectivity index (χ1n) is 5.70. The van der Waals surface area contributed by atoms with E-state index in [1.54, 1.807) is 0 Å². The van der Waals surface area contributed by atoms with Crippen molar-refractivity contribution in [3.8, 4) is 0 Å². The number of sulfone groups is 1. The molecule has 0 saturated carbocycles. The summed E-state index contributed by atoms with van der Waals surface area (Å²) >= 11 is 17.6. The second-order valence-electron chi connectivity index (χ2n) is 4.93. The third kappa shape index (κ3) is 2.54. The molecule has 0 aliphatic carbocycles. The predicted molar refractivity (Wildman–Crippen MR) is 81.8 cm³/mol. The van der Waals surface area contributed by atoms with E-state index in [2.05, 4.69) is 0 Å². The van der Waals surface area contributed by atoms with Gasteiger partial charge in [0, 0.05) is 6.26 Å². The van der Waals surface area contributed by atoms with Crippen LogP contribution in [0.2, 0.25) is 15.1 Å². The van der Waals surface area contributed by atoms with E-state index in [4.69, 9.17) is 34.8 Å². The van der Waals surface area contributed by atoms with Crippen molar-refractivity contribution in [1.82, 2.24) is 0 Å². The topological polar surface area (TPSA) is 71.5 Å². The molecule has 0 bridgehead atoms. The van der Waals surface area contributed by atoms with Gasteiger partial charge in [0.05, 0.1) is 27.2 Å². The van der Waals surface area contributed by atoms with Gasteiger partial charge in [-0.1, -0.05) is 34.8 Å². The first-order valence-corrected chi connectivity index (χ1v) is 8.73. The Hall–Kier alpha value is -0.820. The lowest BCUT2D eigenvalue weighted by molar-refractivity contribution is -0.121. The van der Waals surface area contributed by atoms with E-state index in [0.717, 1.165) is 11.2 Å². The molecular formula is C12H10Cl3NO4S.